The van der Waals surface area contributed by atoms with Crippen LogP contribution in [0.25, 0.3) is 11.3 Å². The van der Waals surface area contributed by atoms with E-state index in [1.54, 1.807) is 30.3 Å². The van der Waals surface area contributed by atoms with E-state index in [1.807, 2.05) is 0 Å². The number of furan rings is 1. The van der Waals surface area contributed by atoms with Crippen molar-refractivity contribution in [3.05, 3.63) is 47.9 Å². The number of aliphatic hydroxyl groups excluding tert-OH is 1. The summed E-state index contributed by atoms with van der Waals surface area (Å²) >= 11 is 0. The highest BCUT2D eigenvalue weighted by atomic mass is 16.7. The molecule has 1 aliphatic rings. The van der Waals surface area contributed by atoms with Crippen molar-refractivity contribution < 1.29 is 33.3 Å². The Morgan fingerprint density at radius 1 is 1.15 bits per heavy atom. The first-order chi connectivity index (χ1) is 12.8. The van der Waals surface area contributed by atoms with Gasteiger partial charge in [-0.2, -0.15) is 0 Å². The zero-order chi connectivity index (χ0) is 19.6. The monoisotopic (exact) mass is 373 g/mol. The normalized spacial score (nSPS) is 15.8. The summed E-state index contributed by atoms with van der Waals surface area (Å²) in [7, 11) is 1.52. The molecular weight excluding hydrogens is 354 g/mol. The van der Waals surface area contributed by atoms with Crippen LogP contribution in [0.15, 0.2) is 46.5 Å². The largest absolute Gasteiger partial charge is 0.497 e. The number of benzene rings is 1. The number of anilines is 1. The van der Waals surface area contributed by atoms with E-state index in [0.29, 0.717) is 28.5 Å². The number of carbonyl (C=O) groups is 2. The lowest BCUT2D eigenvalue weighted by Gasteiger charge is -2.29. The second kappa shape index (κ2) is 7.16. The molecule has 3 rings (SSSR count). The van der Waals surface area contributed by atoms with Crippen LogP contribution in [0.4, 0.5) is 5.69 Å². The Morgan fingerprint density at radius 3 is 2.44 bits per heavy atom. The Bertz CT molecular complexity index is 889. The average Bonchev–Trinajstić information content (AvgIpc) is 3.08. The standard InChI is InChI=1S/C19H19NO7/c1-19(2)26-17(22)14(18(23)27-19)9-20-15-8-11(24-3)4-6-13(15)16-7-5-12(10-21)25-16/h4-9,20-21H,10H2,1-3H3. The van der Waals surface area contributed by atoms with Crippen LogP contribution < -0.4 is 10.1 Å². The maximum Gasteiger partial charge on any atom is 0.350 e. The third-order valence-corrected chi connectivity index (χ3v) is 3.80. The van der Waals surface area contributed by atoms with Crippen molar-refractivity contribution in [1.82, 2.24) is 0 Å². The van der Waals surface area contributed by atoms with E-state index >= 15 is 0 Å². The molecule has 2 N–H and O–H groups in total. The smallest absolute Gasteiger partial charge is 0.350 e. The molecule has 0 atom stereocenters. The first-order valence-electron chi connectivity index (χ1n) is 8.14. The van der Waals surface area contributed by atoms with Crippen molar-refractivity contribution in [2.24, 2.45) is 0 Å². The number of hydrogen-bond donors (Lipinski definition) is 2. The van der Waals surface area contributed by atoms with Gasteiger partial charge in [-0.1, -0.05) is 0 Å². The fourth-order valence-corrected chi connectivity index (χ4v) is 2.52. The van der Waals surface area contributed by atoms with Gasteiger partial charge < -0.3 is 29.1 Å². The van der Waals surface area contributed by atoms with Crippen molar-refractivity contribution in [1.29, 1.82) is 0 Å². The molecule has 0 amide bonds. The van der Waals surface area contributed by atoms with E-state index < -0.39 is 17.7 Å². The lowest BCUT2D eigenvalue weighted by molar-refractivity contribution is -0.222. The first kappa shape index (κ1) is 18.5. The van der Waals surface area contributed by atoms with Crippen LogP contribution in [-0.4, -0.2) is 29.9 Å². The molecule has 27 heavy (non-hydrogen) atoms. The van der Waals surface area contributed by atoms with Gasteiger partial charge in [0.1, 0.15) is 23.9 Å². The SMILES string of the molecule is COc1ccc(-c2ccc(CO)o2)c(NC=C2C(=O)OC(C)(C)OC2=O)c1. The highest BCUT2D eigenvalue weighted by Gasteiger charge is 2.39. The highest BCUT2D eigenvalue weighted by Crippen LogP contribution is 2.33. The van der Waals surface area contributed by atoms with Crippen LogP contribution in [0.2, 0.25) is 0 Å². The van der Waals surface area contributed by atoms with Crippen LogP contribution in [0, 0.1) is 0 Å². The number of ether oxygens (including phenoxy) is 3. The van der Waals surface area contributed by atoms with Gasteiger partial charge in [0.25, 0.3) is 5.79 Å². The molecular formula is C19H19NO7. The van der Waals surface area contributed by atoms with Crippen LogP contribution in [0.1, 0.15) is 19.6 Å². The third kappa shape index (κ3) is 3.95. The summed E-state index contributed by atoms with van der Waals surface area (Å²) in [5.41, 5.74) is 0.898. The van der Waals surface area contributed by atoms with Gasteiger partial charge in [0.05, 0.1) is 12.8 Å². The van der Waals surface area contributed by atoms with Gasteiger partial charge in [-0.05, 0) is 24.3 Å². The minimum atomic E-state index is -1.30. The number of hydrogen-bond acceptors (Lipinski definition) is 8. The molecule has 0 bridgehead atoms. The molecule has 1 aromatic carbocycles. The Kier molecular flexibility index (Phi) is 4.91. The summed E-state index contributed by atoms with van der Waals surface area (Å²) < 4.78 is 20.9. The predicted octanol–water partition coefficient (Wildman–Crippen LogP) is 2.58. The Balaban J connectivity index is 1.93. The molecule has 1 fully saturated rings. The summed E-state index contributed by atoms with van der Waals surface area (Å²) in [6, 6.07) is 8.52. The zero-order valence-electron chi connectivity index (χ0n) is 15.1. The van der Waals surface area contributed by atoms with E-state index in [9.17, 15) is 14.7 Å². The van der Waals surface area contributed by atoms with Gasteiger partial charge in [0.2, 0.25) is 0 Å². The summed E-state index contributed by atoms with van der Waals surface area (Å²) in [6.45, 7) is 2.72. The van der Waals surface area contributed by atoms with Gasteiger partial charge in [-0.3, -0.25) is 0 Å². The third-order valence-electron chi connectivity index (χ3n) is 3.80. The van der Waals surface area contributed by atoms with Crippen molar-refractivity contribution in [2.75, 3.05) is 12.4 Å². The molecule has 142 valence electrons. The van der Waals surface area contributed by atoms with Crippen LogP contribution in [0.5, 0.6) is 5.75 Å². The second-order valence-electron chi connectivity index (χ2n) is 6.22. The van der Waals surface area contributed by atoms with Gasteiger partial charge in [-0.15, -0.1) is 0 Å². The van der Waals surface area contributed by atoms with E-state index in [1.165, 1.54) is 27.2 Å². The van der Waals surface area contributed by atoms with Crippen LogP contribution in [-0.2, 0) is 25.7 Å². The number of aliphatic hydroxyl groups is 1. The molecule has 2 heterocycles. The number of rotatable bonds is 5. The molecule has 8 heteroatoms. The second-order valence-corrected chi connectivity index (χ2v) is 6.22. The predicted molar refractivity (Wildman–Crippen MR) is 94.6 cm³/mol. The number of carbonyl (C=O) groups excluding carboxylic acids is 2. The Hall–Kier alpha value is -3.26. The van der Waals surface area contributed by atoms with Crippen molar-refractivity contribution in [2.45, 2.75) is 26.2 Å². The number of methoxy groups -OCH3 is 1. The molecule has 1 saturated heterocycles. The number of esters is 2. The van der Waals surface area contributed by atoms with Gasteiger partial charge in [0, 0.05) is 31.7 Å². The average molecular weight is 373 g/mol. The lowest BCUT2D eigenvalue weighted by Crippen LogP contribution is -2.42. The fourth-order valence-electron chi connectivity index (χ4n) is 2.52. The van der Waals surface area contributed by atoms with E-state index in [0.717, 1.165) is 0 Å². The molecule has 0 radical (unpaired) electrons. The lowest BCUT2D eigenvalue weighted by atomic mass is 10.1. The molecule has 0 unspecified atom stereocenters. The summed E-state index contributed by atoms with van der Waals surface area (Å²) in [5.74, 6) is -1.41. The number of nitrogens with one attached hydrogen (secondary N) is 1. The van der Waals surface area contributed by atoms with Gasteiger partial charge in [-0.25, -0.2) is 9.59 Å². The summed E-state index contributed by atoms with van der Waals surface area (Å²) in [4.78, 5) is 24.1. The minimum Gasteiger partial charge on any atom is -0.497 e. The van der Waals surface area contributed by atoms with Crippen LogP contribution >= 0.6 is 0 Å². The van der Waals surface area contributed by atoms with Crippen molar-refractivity contribution in [3.63, 3.8) is 0 Å². The molecule has 0 spiro atoms. The fraction of sp³-hybridized carbons (Fsp3) is 0.263. The Labute approximate surface area is 155 Å². The minimum absolute atomic E-state index is 0.226. The maximum atomic E-state index is 12.1. The summed E-state index contributed by atoms with van der Waals surface area (Å²) in [5, 5.41) is 12.1. The van der Waals surface area contributed by atoms with Crippen molar-refractivity contribution >= 4 is 17.6 Å². The van der Waals surface area contributed by atoms with E-state index in [-0.39, 0.29) is 12.2 Å². The molecule has 1 aliphatic heterocycles. The quantitative estimate of drug-likeness (QED) is 0.468. The molecule has 0 saturated carbocycles. The Morgan fingerprint density at radius 2 is 1.85 bits per heavy atom. The van der Waals surface area contributed by atoms with Gasteiger partial charge >= 0.3 is 11.9 Å². The topological polar surface area (TPSA) is 107 Å². The highest BCUT2D eigenvalue weighted by molar-refractivity contribution is 6.15. The molecule has 8 nitrogen and oxygen atoms in total. The molecule has 2 aromatic rings. The van der Waals surface area contributed by atoms with Crippen molar-refractivity contribution in [3.8, 4) is 17.1 Å². The van der Waals surface area contributed by atoms with E-state index in [2.05, 4.69) is 5.32 Å². The molecule has 0 aliphatic carbocycles. The van der Waals surface area contributed by atoms with E-state index in [4.69, 9.17) is 18.6 Å². The maximum absolute atomic E-state index is 12.1. The van der Waals surface area contributed by atoms with Gasteiger partial charge in [0.15, 0.2) is 5.57 Å². The summed E-state index contributed by atoms with van der Waals surface area (Å²) in [6.07, 6.45) is 1.22. The first-order valence-corrected chi connectivity index (χ1v) is 8.14. The molecule has 1 aromatic heterocycles. The number of cyclic esters (lactones) is 2. The van der Waals surface area contributed by atoms with Crippen LogP contribution in [0.3, 0.4) is 0 Å². The zero-order valence-corrected chi connectivity index (χ0v) is 15.1.